The fourth-order valence-electron chi connectivity index (χ4n) is 9.41. The Morgan fingerprint density at radius 3 is 1.81 bits per heavy atom. The maximum Gasteiger partial charge on any atom is 0.239 e. The first-order valence-electron chi connectivity index (χ1n) is 15.2. The van der Waals surface area contributed by atoms with Crippen LogP contribution in [0.25, 0.3) is 0 Å². The first-order valence-corrected chi connectivity index (χ1v) is 15.2. The molecule has 0 aromatic carbocycles. The van der Waals surface area contributed by atoms with Gasteiger partial charge in [0.1, 0.15) is 0 Å². The fourth-order valence-corrected chi connectivity index (χ4v) is 9.41. The molecule has 5 aliphatic carbocycles. The topological polar surface area (TPSA) is 60.5 Å². The van der Waals surface area contributed by atoms with Gasteiger partial charge in [0.25, 0.3) is 0 Å². The normalized spacial score (nSPS) is 46.1. The van der Waals surface area contributed by atoms with Crippen molar-refractivity contribution in [3.8, 4) is 0 Å². The standard InChI is InChI=1S/C29H46N2O5/c1-30-10-4-23(5-11-30)24-6-12-31(13-7-24)27(32)19-20-2-8-28(9-3-20)33-35-29(36-34-28)25-15-21-14-22(17-25)18-26(29)16-21/h20-26H,2-19H2,1H3. The second kappa shape index (κ2) is 9.48. The van der Waals surface area contributed by atoms with Crippen LogP contribution in [0.5, 0.6) is 0 Å². The van der Waals surface area contributed by atoms with Gasteiger partial charge in [-0.25, -0.2) is 0 Å². The Hall–Kier alpha value is -0.730. The third-order valence-electron chi connectivity index (χ3n) is 11.6. The van der Waals surface area contributed by atoms with Crippen molar-refractivity contribution >= 4 is 5.91 Å². The Labute approximate surface area is 216 Å². The number of nitrogens with zero attached hydrogens (tertiary/aromatic N) is 2. The Morgan fingerprint density at radius 1 is 0.722 bits per heavy atom. The van der Waals surface area contributed by atoms with Crippen LogP contribution in [0.15, 0.2) is 0 Å². The molecule has 4 bridgehead atoms. The third-order valence-corrected chi connectivity index (χ3v) is 11.6. The molecule has 0 radical (unpaired) electrons. The first-order chi connectivity index (χ1) is 17.5. The highest BCUT2D eigenvalue weighted by Crippen LogP contribution is 2.62. The second-order valence-electron chi connectivity index (χ2n) is 13.8. The highest BCUT2D eigenvalue weighted by Gasteiger charge is 2.64. The lowest BCUT2D eigenvalue weighted by Gasteiger charge is -2.60. The molecule has 5 saturated carbocycles. The van der Waals surface area contributed by atoms with E-state index in [2.05, 4.69) is 16.8 Å². The van der Waals surface area contributed by atoms with Crippen molar-refractivity contribution in [1.82, 2.24) is 9.80 Å². The molecular weight excluding hydrogens is 456 g/mol. The molecule has 0 atom stereocenters. The smallest absolute Gasteiger partial charge is 0.239 e. The van der Waals surface area contributed by atoms with Gasteiger partial charge in [-0.3, -0.25) is 4.79 Å². The van der Waals surface area contributed by atoms with E-state index in [4.69, 9.17) is 19.6 Å². The van der Waals surface area contributed by atoms with E-state index >= 15 is 0 Å². The van der Waals surface area contributed by atoms with E-state index in [1.807, 2.05) is 0 Å². The number of likely N-dealkylation sites (tertiary alicyclic amines) is 2. The molecule has 2 spiro atoms. The van der Waals surface area contributed by atoms with Crippen molar-refractivity contribution in [2.45, 2.75) is 101 Å². The van der Waals surface area contributed by atoms with Gasteiger partial charge >= 0.3 is 0 Å². The molecule has 8 fully saturated rings. The summed E-state index contributed by atoms with van der Waals surface area (Å²) in [4.78, 5) is 42.3. The van der Waals surface area contributed by atoms with Crippen molar-refractivity contribution in [2.24, 2.45) is 41.4 Å². The van der Waals surface area contributed by atoms with Gasteiger partial charge in [0, 0.05) is 44.2 Å². The largest absolute Gasteiger partial charge is 0.343 e. The summed E-state index contributed by atoms with van der Waals surface area (Å²) in [5.74, 6) is 3.47. The van der Waals surface area contributed by atoms with E-state index in [1.165, 1.54) is 70.9 Å². The monoisotopic (exact) mass is 502 g/mol. The van der Waals surface area contributed by atoms with Crippen molar-refractivity contribution in [1.29, 1.82) is 0 Å². The van der Waals surface area contributed by atoms with Gasteiger partial charge in [-0.1, -0.05) is 0 Å². The lowest BCUT2D eigenvalue weighted by Crippen LogP contribution is -2.64. The highest BCUT2D eigenvalue weighted by atomic mass is 17.4. The number of rotatable bonds is 3. The molecule has 3 aliphatic heterocycles. The molecule has 36 heavy (non-hydrogen) atoms. The van der Waals surface area contributed by atoms with Crippen LogP contribution in [0, 0.1) is 41.4 Å². The number of amides is 1. The minimum Gasteiger partial charge on any atom is -0.343 e. The molecule has 8 rings (SSSR count). The number of carbonyl (C=O) groups excluding carboxylic acids is 1. The zero-order valence-electron chi connectivity index (χ0n) is 22.2. The highest BCUT2D eigenvalue weighted by molar-refractivity contribution is 5.76. The van der Waals surface area contributed by atoms with Crippen molar-refractivity contribution in [2.75, 3.05) is 33.2 Å². The SMILES string of the molecule is CN1CCC(C2CCN(C(=O)CC3CCC4(CC3)OOC3(OO4)C4CC5CC(C4)CC3C5)CC2)CC1. The van der Waals surface area contributed by atoms with Crippen LogP contribution < -0.4 is 0 Å². The Morgan fingerprint density at radius 2 is 1.25 bits per heavy atom. The predicted molar refractivity (Wildman–Crippen MR) is 133 cm³/mol. The van der Waals surface area contributed by atoms with Crippen LogP contribution in [-0.2, 0) is 24.3 Å². The number of hydrogen-bond acceptors (Lipinski definition) is 6. The summed E-state index contributed by atoms with van der Waals surface area (Å²) in [6.45, 7) is 4.37. The summed E-state index contributed by atoms with van der Waals surface area (Å²) in [7, 11) is 2.23. The molecule has 0 N–H and O–H groups in total. The van der Waals surface area contributed by atoms with E-state index in [0.29, 0.717) is 30.1 Å². The van der Waals surface area contributed by atoms with Crippen LogP contribution in [-0.4, -0.2) is 60.5 Å². The number of carbonyl (C=O) groups is 1. The Bertz CT molecular complexity index is 770. The average molecular weight is 503 g/mol. The molecule has 1 amide bonds. The molecule has 8 aliphatic rings. The minimum atomic E-state index is -0.786. The van der Waals surface area contributed by atoms with E-state index in [0.717, 1.165) is 62.4 Å². The van der Waals surface area contributed by atoms with E-state index in [-0.39, 0.29) is 0 Å². The van der Waals surface area contributed by atoms with Crippen molar-refractivity contribution < 1.29 is 24.3 Å². The quantitative estimate of drug-likeness (QED) is 0.512. The van der Waals surface area contributed by atoms with Crippen molar-refractivity contribution in [3.05, 3.63) is 0 Å². The molecule has 3 saturated heterocycles. The molecule has 3 heterocycles. The lowest BCUT2D eigenvalue weighted by molar-refractivity contribution is -0.680. The summed E-state index contributed by atoms with van der Waals surface area (Å²) in [5, 5.41) is 0. The molecule has 7 heteroatoms. The molecule has 0 unspecified atom stereocenters. The third kappa shape index (κ3) is 4.35. The predicted octanol–water partition coefficient (Wildman–Crippen LogP) is 4.91. The summed E-state index contributed by atoms with van der Waals surface area (Å²) in [6, 6.07) is 0. The van der Waals surface area contributed by atoms with Gasteiger partial charge < -0.3 is 9.80 Å². The average Bonchev–Trinajstić information content (AvgIpc) is 2.90. The Kier molecular flexibility index (Phi) is 6.40. The summed E-state index contributed by atoms with van der Waals surface area (Å²) in [5.41, 5.74) is 0. The van der Waals surface area contributed by atoms with Gasteiger partial charge in [0.15, 0.2) is 0 Å². The van der Waals surface area contributed by atoms with E-state index < -0.39 is 11.6 Å². The van der Waals surface area contributed by atoms with Crippen LogP contribution >= 0.6 is 0 Å². The van der Waals surface area contributed by atoms with Gasteiger partial charge in [0.05, 0.1) is 0 Å². The van der Waals surface area contributed by atoms with E-state index in [1.54, 1.807) is 0 Å². The van der Waals surface area contributed by atoms with Gasteiger partial charge in [-0.2, -0.15) is 19.6 Å². The molecule has 0 aromatic heterocycles. The fraction of sp³-hybridized carbons (Fsp3) is 0.966. The maximum atomic E-state index is 13.1. The second-order valence-corrected chi connectivity index (χ2v) is 13.8. The van der Waals surface area contributed by atoms with Crippen LogP contribution in [0.3, 0.4) is 0 Å². The first kappa shape index (κ1) is 24.3. The Balaban J connectivity index is 0.865. The lowest BCUT2D eigenvalue weighted by atomic mass is 9.53. The maximum absolute atomic E-state index is 13.1. The van der Waals surface area contributed by atoms with Crippen molar-refractivity contribution in [3.63, 3.8) is 0 Å². The minimum absolute atomic E-state index is 0.350. The van der Waals surface area contributed by atoms with E-state index in [9.17, 15) is 4.79 Å². The van der Waals surface area contributed by atoms with Gasteiger partial charge in [-0.05, 0) is 120 Å². The molecule has 7 nitrogen and oxygen atoms in total. The van der Waals surface area contributed by atoms with Crippen LogP contribution in [0.2, 0.25) is 0 Å². The number of hydrogen-bond donors (Lipinski definition) is 0. The zero-order valence-corrected chi connectivity index (χ0v) is 22.2. The summed E-state index contributed by atoms with van der Waals surface area (Å²) in [6.07, 6.45) is 15.2. The van der Waals surface area contributed by atoms with Crippen LogP contribution in [0.4, 0.5) is 0 Å². The van der Waals surface area contributed by atoms with Gasteiger partial charge in [-0.15, -0.1) is 0 Å². The van der Waals surface area contributed by atoms with Gasteiger partial charge in [0.2, 0.25) is 17.5 Å². The summed E-state index contributed by atoms with van der Waals surface area (Å²) < 4.78 is 0. The zero-order chi connectivity index (χ0) is 24.3. The summed E-state index contributed by atoms with van der Waals surface area (Å²) >= 11 is 0. The van der Waals surface area contributed by atoms with Crippen LogP contribution in [0.1, 0.15) is 89.9 Å². The molecule has 202 valence electrons. The number of piperidine rings is 2. The molecule has 0 aromatic rings. The molecular formula is C29H46N2O5.